The largest absolute Gasteiger partial charge is 0.350 e. The van der Waals surface area contributed by atoms with E-state index in [-0.39, 0.29) is 24.0 Å². The fourth-order valence-electron chi connectivity index (χ4n) is 5.63. The molecular formula is C28H31N5O2. The standard InChI is InChI=1S/C28H31N5O2/c1-17-12-13-19(29-28(34)30-24-15-22(24)18-8-4-3-5-9-18)14-21(17)27-31-26(32-35-27)23-16-33(2)25-11-7-6-10-20(23)25/h3-11,16-17,19,21-22,24H,12-15H2,1-2H3,(H2,29,30,34)/t17?,19?,21-,22?,24?/m1/s1. The lowest BCUT2D eigenvalue weighted by molar-refractivity contribution is 0.208. The monoisotopic (exact) mass is 469 g/mol. The molecule has 2 heterocycles. The molecule has 6 rings (SSSR count). The zero-order valence-electron chi connectivity index (χ0n) is 20.1. The van der Waals surface area contributed by atoms with E-state index in [2.05, 4.69) is 69.9 Å². The molecule has 5 atom stereocenters. The van der Waals surface area contributed by atoms with Crippen LogP contribution in [-0.2, 0) is 7.05 Å². The molecule has 4 aromatic rings. The summed E-state index contributed by atoms with van der Waals surface area (Å²) in [6, 6.07) is 18.9. The number of fused-ring (bicyclic) bond motifs is 1. The number of hydrogen-bond donors (Lipinski definition) is 2. The first-order chi connectivity index (χ1) is 17.1. The van der Waals surface area contributed by atoms with Crippen molar-refractivity contribution in [3.05, 3.63) is 72.2 Å². The Kier molecular flexibility index (Phi) is 5.55. The number of aromatic nitrogens is 3. The molecule has 0 bridgehead atoms. The van der Waals surface area contributed by atoms with Gasteiger partial charge in [0.25, 0.3) is 0 Å². The van der Waals surface area contributed by atoms with E-state index in [9.17, 15) is 4.79 Å². The molecule has 2 N–H and O–H groups in total. The Morgan fingerprint density at radius 3 is 2.66 bits per heavy atom. The molecule has 2 amide bonds. The van der Waals surface area contributed by atoms with Crippen molar-refractivity contribution in [2.75, 3.05) is 0 Å². The maximum atomic E-state index is 12.7. The van der Waals surface area contributed by atoms with Crippen molar-refractivity contribution in [2.45, 2.75) is 56.5 Å². The van der Waals surface area contributed by atoms with E-state index in [1.54, 1.807) is 0 Å². The van der Waals surface area contributed by atoms with Gasteiger partial charge in [-0.1, -0.05) is 60.6 Å². The van der Waals surface area contributed by atoms with Crippen LogP contribution in [-0.4, -0.2) is 32.8 Å². The fourth-order valence-corrected chi connectivity index (χ4v) is 5.63. The van der Waals surface area contributed by atoms with Gasteiger partial charge in [0.1, 0.15) is 0 Å². The smallest absolute Gasteiger partial charge is 0.315 e. The normalized spacial score (nSPS) is 25.9. The third-order valence-corrected chi connectivity index (χ3v) is 7.76. The Hall–Kier alpha value is -3.61. The molecule has 2 aromatic heterocycles. The minimum absolute atomic E-state index is 0.0753. The van der Waals surface area contributed by atoms with Crippen molar-refractivity contribution in [1.29, 1.82) is 0 Å². The van der Waals surface area contributed by atoms with Gasteiger partial charge in [-0.3, -0.25) is 0 Å². The summed E-state index contributed by atoms with van der Waals surface area (Å²) in [5.74, 6) is 2.26. The van der Waals surface area contributed by atoms with Crippen LogP contribution in [0.2, 0.25) is 0 Å². The quantitative estimate of drug-likeness (QED) is 0.412. The Balaban J connectivity index is 1.11. The van der Waals surface area contributed by atoms with E-state index in [1.807, 2.05) is 25.2 Å². The Morgan fingerprint density at radius 1 is 1.00 bits per heavy atom. The number of carbonyl (C=O) groups is 1. The first-order valence-corrected chi connectivity index (χ1v) is 12.6. The van der Waals surface area contributed by atoms with Gasteiger partial charge in [0.15, 0.2) is 0 Å². The lowest BCUT2D eigenvalue weighted by Crippen LogP contribution is -2.45. The predicted octanol–water partition coefficient (Wildman–Crippen LogP) is 5.36. The van der Waals surface area contributed by atoms with Gasteiger partial charge in [-0.25, -0.2) is 4.79 Å². The van der Waals surface area contributed by atoms with Gasteiger partial charge in [-0.15, -0.1) is 0 Å². The second-order valence-corrected chi connectivity index (χ2v) is 10.2. The SMILES string of the molecule is CC1CCC(NC(=O)NC2CC2c2ccccc2)C[C@H]1c1nc(-c2cn(C)c3ccccc23)no1. The molecule has 2 aliphatic rings. The number of urea groups is 1. The van der Waals surface area contributed by atoms with Crippen LogP contribution in [0.25, 0.3) is 22.3 Å². The lowest BCUT2D eigenvalue weighted by atomic mass is 9.78. The molecule has 0 saturated heterocycles. The van der Waals surface area contributed by atoms with Gasteiger partial charge in [-0.05, 0) is 43.2 Å². The van der Waals surface area contributed by atoms with E-state index in [4.69, 9.17) is 9.51 Å². The van der Waals surface area contributed by atoms with Crippen molar-refractivity contribution in [3.8, 4) is 11.4 Å². The van der Waals surface area contributed by atoms with Gasteiger partial charge in [0.2, 0.25) is 11.7 Å². The zero-order valence-corrected chi connectivity index (χ0v) is 20.1. The maximum absolute atomic E-state index is 12.7. The molecule has 0 radical (unpaired) electrons. The van der Waals surface area contributed by atoms with Crippen LogP contribution in [0.4, 0.5) is 4.79 Å². The highest BCUT2D eigenvalue weighted by molar-refractivity contribution is 5.94. The summed E-state index contributed by atoms with van der Waals surface area (Å²) in [6.45, 7) is 2.23. The van der Waals surface area contributed by atoms with Gasteiger partial charge >= 0.3 is 6.03 Å². The molecule has 4 unspecified atom stereocenters. The maximum Gasteiger partial charge on any atom is 0.315 e. The van der Waals surface area contributed by atoms with E-state index in [0.717, 1.165) is 42.1 Å². The Bertz CT molecular complexity index is 1340. The molecule has 0 aliphatic heterocycles. The van der Waals surface area contributed by atoms with Gasteiger partial charge in [0.05, 0.1) is 0 Å². The molecule has 2 saturated carbocycles. The summed E-state index contributed by atoms with van der Waals surface area (Å²) in [6.07, 6.45) is 5.83. The van der Waals surface area contributed by atoms with Crippen LogP contribution in [0.5, 0.6) is 0 Å². The number of aryl methyl sites for hydroxylation is 1. The zero-order chi connectivity index (χ0) is 23.9. The number of carbonyl (C=O) groups excluding carboxylic acids is 1. The molecule has 2 fully saturated rings. The van der Waals surface area contributed by atoms with Crippen LogP contribution in [0.15, 0.2) is 65.3 Å². The van der Waals surface area contributed by atoms with Gasteiger partial charge < -0.3 is 19.7 Å². The van der Waals surface area contributed by atoms with E-state index >= 15 is 0 Å². The summed E-state index contributed by atoms with van der Waals surface area (Å²) in [4.78, 5) is 17.5. The Morgan fingerprint density at radius 2 is 1.80 bits per heavy atom. The summed E-state index contributed by atoms with van der Waals surface area (Å²) in [5.41, 5.74) is 3.41. The van der Waals surface area contributed by atoms with Gasteiger partial charge in [-0.2, -0.15) is 4.98 Å². The van der Waals surface area contributed by atoms with Crippen LogP contribution in [0.3, 0.4) is 0 Å². The average molecular weight is 470 g/mol. The van der Waals surface area contributed by atoms with Crippen molar-refractivity contribution in [2.24, 2.45) is 13.0 Å². The molecule has 180 valence electrons. The van der Waals surface area contributed by atoms with Crippen LogP contribution in [0.1, 0.15) is 55.9 Å². The number of nitrogens with one attached hydrogen (secondary N) is 2. The van der Waals surface area contributed by atoms with Crippen molar-refractivity contribution in [1.82, 2.24) is 25.3 Å². The van der Waals surface area contributed by atoms with E-state index in [0.29, 0.717) is 23.6 Å². The first kappa shape index (κ1) is 21.9. The fraction of sp³-hybridized carbons (Fsp3) is 0.393. The molecular weight excluding hydrogens is 438 g/mol. The molecule has 0 spiro atoms. The number of rotatable bonds is 5. The molecule has 35 heavy (non-hydrogen) atoms. The van der Waals surface area contributed by atoms with Crippen molar-refractivity contribution >= 4 is 16.9 Å². The summed E-state index contributed by atoms with van der Waals surface area (Å²) < 4.78 is 7.87. The summed E-state index contributed by atoms with van der Waals surface area (Å²) >= 11 is 0. The first-order valence-electron chi connectivity index (χ1n) is 12.6. The molecule has 7 heteroatoms. The number of hydrogen-bond acceptors (Lipinski definition) is 4. The topological polar surface area (TPSA) is 85.0 Å². The molecule has 2 aliphatic carbocycles. The minimum atomic E-state index is -0.0753. The molecule has 7 nitrogen and oxygen atoms in total. The van der Waals surface area contributed by atoms with Crippen LogP contribution in [0, 0.1) is 5.92 Å². The summed E-state index contributed by atoms with van der Waals surface area (Å²) in [7, 11) is 2.03. The van der Waals surface area contributed by atoms with Crippen molar-refractivity contribution < 1.29 is 9.32 Å². The lowest BCUT2D eigenvalue weighted by Gasteiger charge is -2.32. The van der Waals surface area contributed by atoms with Crippen LogP contribution < -0.4 is 10.6 Å². The highest BCUT2D eigenvalue weighted by Gasteiger charge is 2.40. The van der Waals surface area contributed by atoms with Gasteiger partial charge in [0, 0.05) is 53.6 Å². The average Bonchev–Trinajstić information content (AvgIpc) is 3.31. The second kappa shape index (κ2) is 8.87. The third kappa shape index (κ3) is 4.31. The van der Waals surface area contributed by atoms with Crippen molar-refractivity contribution in [3.63, 3.8) is 0 Å². The highest BCUT2D eigenvalue weighted by Crippen LogP contribution is 2.41. The second-order valence-electron chi connectivity index (χ2n) is 10.2. The van der Waals surface area contributed by atoms with E-state index < -0.39 is 0 Å². The minimum Gasteiger partial charge on any atom is -0.350 e. The van der Waals surface area contributed by atoms with Crippen LogP contribution >= 0.6 is 0 Å². The van der Waals surface area contributed by atoms with E-state index in [1.165, 1.54) is 5.56 Å². The number of para-hydroxylation sites is 1. The highest BCUT2D eigenvalue weighted by atomic mass is 16.5. The Labute approximate surface area is 204 Å². The predicted molar refractivity (Wildman–Crippen MR) is 135 cm³/mol. The third-order valence-electron chi connectivity index (χ3n) is 7.76. The number of amides is 2. The number of nitrogens with zero attached hydrogens (tertiary/aromatic N) is 3. The number of benzene rings is 2. The summed E-state index contributed by atoms with van der Waals surface area (Å²) in [5, 5.41) is 11.8. The molecule has 2 aromatic carbocycles.